The molecule has 1 aliphatic heterocycles. The predicted molar refractivity (Wildman–Crippen MR) is 101 cm³/mol. The van der Waals surface area contributed by atoms with Gasteiger partial charge in [-0.05, 0) is 50.5 Å². The average Bonchev–Trinajstić information content (AvgIpc) is 3.13. The van der Waals surface area contributed by atoms with Crippen molar-refractivity contribution < 1.29 is 14.2 Å². The number of rotatable bonds is 8. The number of benzene rings is 2. The third-order valence-corrected chi connectivity index (χ3v) is 4.34. The van der Waals surface area contributed by atoms with Gasteiger partial charge in [0.05, 0.1) is 11.8 Å². The minimum atomic E-state index is 0.223. The SMILES string of the molecule is Cc1ccc(OCCNc2ccccc2OCC2CCCO2)c(C)c1. The van der Waals surface area contributed by atoms with Gasteiger partial charge in [-0.3, -0.25) is 0 Å². The molecule has 0 saturated carbocycles. The summed E-state index contributed by atoms with van der Waals surface area (Å²) >= 11 is 0. The summed E-state index contributed by atoms with van der Waals surface area (Å²) in [5.41, 5.74) is 3.41. The van der Waals surface area contributed by atoms with Crippen LogP contribution in [0.2, 0.25) is 0 Å². The Balaban J connectivity index is 1.47. The maximum atomic E-state index is 5.94. The predicted octanol–water partition coefficient (Wildman–Crippen LogP) is 4.35. The van der Waals surface area contributed by atoms with Gasteiger partial charge in [0.1, 0.15) is 24.7 Å². The van der Waals surface area contributed by atoms with Gasteiger partial charge in [0.15, 0.2) is 0 Å². The van der Waals surface area contributed by atoms with Gasteiger partial charge in [-0.1, -0.05) is 29.8 Å². The first kappa shape index (κ1) is 17.6. The van der Waals surface area contributed by atoms with Crippen LogP contribution in [0, 0.1) is 13.8 Å². The molecule has 1 heterocycles. The number of aryl methyl sites for hydroxylation is 2. The minimum Gasteiger partial charge on any atom is -0.491 e. The molecule has 1 N–H and O–H groups in total. The highest BCUT2D eigenvalue weighted by Gasteiger charge is 2.16. The summed E-state index contributed by atoms with van der Waals surface area (Å²) in [7, 11) is 0. The van der Waals surface area contributed by atoms with Crippen molar-refractivity contribution in [1.82, 2.24) is 0 Å². The van der Waals surface area contributed by atoms with E-state index in [1.807, 2.05) is 30.3 Å². The highest BCUT2D eigenvalue weighted by atomic mass is 16.5. The van der Waals surface area contributed by atoms with Crippen LogP contribution < -0.4 is 14.8 Å². The molecular weight excluding hydrogens is 314 g/mol. The first-order valence-corrected chi connectivity index (χ1v) is 9.00. The second-order valence-corrected chi connectivity index (χ2v) is 6.49. The van der Waals surface area contributed by atoms with Crippen LogP contribution in [0.25, 0.3) is 0 Å². The van der Waals surface area contributed by atoms with Crippen molar-refractivity contribution in [2.24, 2.45) is 0 Å². The van der Waals surface area contributed by atoms with E-state index in [4.69, 9.17) is 14.2 Å². The zero-order valence-electron chi connectivity index (χ0n) is 15.1. The lowest BCUT2D eigenvalue weighted by atomic mass is 10.1. The fourth-order valence-corrected chi connectivity index (χ4v) is 3.01. The van der Waals surface area contributed by atoms with E-state index in [-0.39, 0.29) is 6.10 Å². The lowest BCUT2D eigenvalue weighted by Gasteiger charge is -2.16. The molecule has 4 nitrogen and oxygen atoms in total. The Kier molecular flexibility index (Phi) is 6.18. The first-order valence-electron chi connectivity index (χ1n) is 9.00. The maximum Gasteiger partial charge on any atom is 0.142 e. The van der Waals surface area contributed by atoms with Crippen LogP contribution >= 0.6 is 0 Å². The Morgan fingerprint density at radius 3 is 2.76 bits per heavy atom. The van der Waals surface area contributed by atoms with Gasteiger partial charge >= 0.3 is 0 Å². The molecular formula is C21H27NO3. The molecule has 2 aromatic carbocycles. The van der Waals surface area contributed by atoms with E-state index < -0.39 is 0 Å². The summed E-state index contributed by atoms with van der Waals surface area (Å²) in [4.78, 5) is 0. The Hall–Kier alpha value is -2.20. The molecule has 1 unspecified atom stereocenters. The van der Waals surface area contributed by atoms with Crippen LogP contribution in [0.4, 0.5) is 5.69 Å². The van der Waals surface area contributed by atoms with Crippen LogP contribution in [0.3, 0.4) is 0 Å². The molecule has 1 atom stereocenters. The number of nitrogens with one attached hydrogen (secondary N) is 1. The molecule has 2 aromatic rings. The quantitative estimate of drug-likeness (QED) is 0.725. The number of anilines is 1. The van der Waals surface area contributed by atoms with Crippen molar-refractivity contribution in [3.63, 3.8) is 0 Å². The molecule has 1 fully saturated rings. The van der Waals surface area contributed by atoms with Gasteiger partial charge in [-0.15, -0.1) is 0 Å². The maximum absolute atomic E-state index is 5.94. The van der Waals surface area contributed by atoms with Crippen LogP contribution in [0.15, 0.2) is 42.5 Å². The van der Waals surface area contributed by atoms with E-state index >= 15 is 0 Å². The number of para-hydroxylation sites is 2. The second-order valence-electron chi connectivity index (χ2n) is 6.49. The van der Waals surface area contributed by atoms with E-state index in [1.54, 1.807) is 0 Å². The van der Waals surface area contributed by atoms with Gasteiger partial charge < -0.3 is 19.5 Å². The third kappa shape index (κ3) is 5.13. The van der Waals surface area contributed by atoms with E-state index in [0.717, 1.165) is 36.6 Å². The Morgan fingerprint density at radius 2 is 1.96 bits per heavy atom. The monoisotopic (exact) mass is 341 g/mol. The van der Waals surface area contributed by atoms with Crippen LogP contribution in [0.5, 0.6) is 11.5 Å². The van der Waals surface area contributed by atoms with Crippen molar-refractivity contribution in [1.29, 1.82) is 0 Å². The van der Waals surface area contributed by atoms with Gasteiger partial charge in [0, 0.05) is 13.2 Å². The third-order valence-electron chi connectivity index (χ3n) is 4.34. The molecule has 0 amide bonds. The zero-order valence-corrected chi connectivity index (χ0v) is 15.1. The minimum absolute atomic E-state index is 0.223. The number of ether oxygens (including phenoxy) is 3. The summed E-state index contributed by atoms with van der Waals surface area (Å²) < 4.78 is 17.4. The highest BCUT2D eigenvalue weighted by Crippen LogP contribution is 2.25. The molecule has 0 aliphatic carbocycles. The topological polar surface area (TPSA) is 39.7 Å². The zero-order chi connectivity index (χ0) is 17.5. The van der Waals surface area contributed by atoms with Gasteiger partial charge in [-0.25, -0.2) is 0 Å². The number of hydrogen-bond acceptors (Lipinski definition) is 4. The summed E-state index contributed by atoms with van der Waals surface area (Å²) in [6.07, 6.45) is 2.43. The van der Waals surface area contributed by atoms with E-state index in [2.05, 4.69) is 31.3 Å². The van der Waals surface area contributed by atoms with Crippen molar-refractivity contribution in [2.75, 3.05) is 31.7 Å². The molecule has 0 radical (unpaired) electrons. The van der Waals surface area contributed by atoms with Crippen molar-refractivity contribution in [3.8, 4) is 11.5 Å². The highest BCUT2D eigenvalue weighted by molar-refractivity contribution is 5.56. The fourth-order valence-electron chi connectivity index (χ4n) is 3.01. The molecule has 1 saturated heterocycles. The number of hydrogen-bond donors (Lipinski definition) is 1. The largest absolute Gasteiger partial charge is 0.491 e. The summed E-state index contributed by atoms with van der Waals surface area (Å²) in [5.74, 6) is 1.81. The molecule has 0 bridgehead atoms. The molecule has 0 spiro atoms. The smallest absolute Gasteiger partial charge is 0.142 e. The van der Waals surface area contributed by atoms with Crippen LogP contribution in [-0.2, 0) is 4.74 Å². The van der Waals surface area contributed by atoms with E-state index in [1.165, 1.54) is 11.1 Å². The molecule has 0 aromatic heterocycles. The van der Waals surface area contributed by atoms with Crippen LogP contribution in [0.1, 0.15) is 24.0 Å². The lowest BCUT2D eigenvalue weighted by Crippen LogP contribution is -2.17. The average molecular weight is 341 g/mol. The summed E-state index contributed by atoms with van der Waals surface area (Å²) in [5, 5.41) is 3.40. The van der Waals surface area contributed by atoms with Crippen molar-refractivity contribution in [3.05, 3.63) is 53.6 Å². The molecule has 134 valence electrons. The lowest BCUT2D eigenvalue weighted by molar-refractivity contribution is 0.0682. The Labute approximate surface area is 150 Å². The summed E-state index contributed by atoms with van der Waals surface area (Å²) in [6.45, 7) is 6.94. The Bertz CT molecular complexity index is 681. The first-order chi connectivity index (χ1) is 12.2. The van der Waals surface area contributed by atoms with E-state index in [0.29, 0.717) is 19.8 Å². The van der Waals surface area contributed by atoms with Gasteiger partial charge in [0.25, 0.3) is 0 Å². The standard InChI is InChI=1S/C21H27NO3/c1-16-9-10-20(17(2)14-16)24-13-11-22-19-7-3-4-8-21(19)25-15-18-6-5-12-23-18/h3-4,7-10,14,18,22H,5-6,11-13,15H2,1-2H3. The normalized spacial score (nSPS) is 16.6. The second kappa shape index (κ2) is 8.77. The van der Waals surface area contributed by atoms with Crippen LogP contribution in [-0.4, -0.2) is 32.5 Å². The van der Waals surface area contributed by atoms with Gasteiger partial charge in [-0.2, -0.15) is 0 Å². The molecule has 4 heteroatoms. The molecule has 3 rings (SSSR count). The summed E-state index contributed by atoms with van der Waals surface area (Å²) in [6, 6.07) is 14.3. The van der Waals surface area contributed by atoms with Crippen molar-refractivity contribution >= 4 is 5.69 Å². The fraction of sp³-hybridized carbons (Fsp3) is 0.429. The molecule has 1 aliphatic rings. The Morgan fingerprint density at radius 1 is 1.08 bits per heavy atom. The van der Waals surface area contributed by atoms with Gasteiger partial charge in [0.2, 0.25) is 0 Å². The van der Waals surface area contributed by atoms with E-state index in [9.17, 15) is 0 Å². The molecule has 25 heavy (non-hydrogen) atoms. The van der Waals surface area contributed by atoms with Crippen molar-refractivity contribution in [2.45, 2.75) is 32.8 Å².